The van der Waals surface area contributed by atoms with Crippen molar-refractivity contribution in [2.75, 3.05) is 17.2 Å². The minimum absolute atomic E-state index is 0.583. The fourth-order valence-corrected chi connectivity index (χ4v) is 3.47. The molecule has 1 fully saturated rings. The molecular formula is C21H29N3. The zero-order valence-corrected chi connectivity index (χ0v) is 14.6. The van der Waals surface area contributed by atoms with E-state index in [1.54, 1.807) is 0 Å². The van der Waals surface area contributed by atoms with Gasteiger partial charge >= 0.3 is 0 Å². The summed E-state index contributed by atoms with van der Waals surface area (Å²) in [4.78, 5) is 0. The fraction of sp³-hybridized carbons (Fsp3) is 0.429. The summed E-state index contributed by atoms with van der Waals surface area (Å²) in [7, 11) is 0. The van der Waals surface area contributed by atoms with Gasteiger partial charge in [-0.05, 0) is 50.3 Å². The van der Waals surface area contributed by atoms with Crippen LogP contribution in [0.2, 0.25) is 0 Å². The van der Waals surface area contributed by atoms with Gasteiger partial charge in [0.05, 0.1) is 11.4 Å². The molecule has 0 saturated heterocycles. The van der Waals surface area contributed by atoms with Crippen LogP contribution >= 0.6 is 0 Å². The van der Waals surface area contributed by atoms with Crippen LogP contribution in [0.25, 0.3) is 0 Å². The Morgan fingerprint density at radius 2 is 1.42 bits per heavy atom. The van der Waals surface area contributed by atoms with Crippen molar-refractivity contribution in [3.63, 3.8) is 0 Å². The van der Waals surface area contributed by atoms with E-state index in [9.17, 15) is 0 Å². The van der Waals surface area contributed by atoms with Gasteiger partial charge in [0, 0.05) is 25.2 Å². The van der Waals surface area contributed by atoms with E-state index in [-0.39, 0.29) is 0 Å². The van der Waals surface area contributed by atoms with Crippen LogP contribution in [0.5, 0.6) is 0 Å². The summed E-state index contributed by atoms with van der Waals surface area (Å²) in [6.45, 7) is 4.07. The van der Waals surface area contributed by atoms with Crippen LogP contribution in [-0.4, -0.2) is 18.6 Å². The summed E-state index contributed by atoms with van der Waals surface area (Å²) in [6, 6.07) is 20.4. The number of benzene rings is 2. The largest absolute Gasteiger partial charge is 0.384 e. The van der Waals surface area contributed by atoms with E-state index in [1.807, 2.05) is 0 Å². The first kappa shape index (κ1) is 16.8. The fourth-order valence-electron chi connectivity index (χ4n) is 3.47. The van der Waals surface area contributed by atoms with Crippen LogP contribution in [0.1, 0.15) is 38.2 Å². The zero-order chi connectivity index (χ0) is 16.6. The van der Waals surface area contributed by atoms with Crippen molar-refractivity contribution in [2.45, 2.75) is 51.2 Å². The number of nitrogens with one attached hydrogen (secondary N) is 3. The van der Waals surface area contributed by atoms with E-state index >= 15 is 0 Å². The summed E-state index contributed by atoms with van der Waals surface area (Å²) in [6.07, 6.45) is 4.95. The molecule has 1 aliphatic rings. The highest BCUT2D eigenvalue weighted by Gasteiger charge is 2.21. The second-order valence-corrected chi connectivity index (χ2v) is 6.64. The highest BCUT2D eigenvalue weighted by atomic mass is 15.0. The molecule has 0 amide bonds. The minimum Gasteiger partial charge on any atom is -0.384 e. The Morgan fingerprint density at radius 1 is 0.792 bits per heavy atom. The lowest BCUT2D eigenvalue weighted by Crippen LogP contribution is -2.36. The Kier molecular flexibility index (Phi) is 6.13. The third kappa shape index (κ3) is 4.75. The third-order valence-corrected chi connectivity index (χ3v) is 4.82. The van der Waals surface area contributed by atoms with E-state index in [0.29, 0.717) is 12.1 Å². The predicted octanol–water partition coefficient (Wildman–Crippen LogP) is 4.63. The monoisotopic (exact) mass is 323 g/mol. The van der Waals surface area contributed by atoms with Gasteiger partial charge in [-0.2, -0.15) is 0 Å². The molecule has 1 aliphatic carbocycles. The molecule has 0 aromatic heterocycles. The van der Waals surface area contributed by atoms with Gasteiger partial charge in [0.1, 0.15) is 0 Å². The molecule has 0 unspecified atom stereocenters. The van der Waals surface area contributed by atoms with Gasteiger partial charge in [0.15, 0.2) is 0 Å². The van der Waals surface area contributed by atoms with Crippen LogP contribution < -0.4 is 16.0 Å². The third-order valence-electron chi connectivity index (χ3n) is 4.82. The molecule has 128 valence electrons. The van der Waals surface area contributed by atoms with Crippen LogP contribution in [-0.2, 0) is 6.54 Å². The van der Waals surface area contributed by atoms with Crippen molar-refractivity contribution in [1.29, 1.82) is 0 Å². The average molecular weight is 323 g/mol. The van der Waals surface area contributed by atoms with E-state index in [0.717, 1.165) is 13.1 Å². The standard InChI is InChI=1S/C21H29N3/c1-2-22-20-10-6-7-11-21(20)24-19-14-12-18(13-15-19)23-16-17-8-4-3-5-9-17/h3-11,18-19,22-24H,2,12-16H2,1H3/t18-,19-. The molecule has 3 N–H and O–H groups in total. The smallest absolute Gasteiger partial charge is 0.0578 e. The Hall–Kier alpha value is -2.00. The van der Waals surface area contributed by atoms with Crippen molar-refractivity contribution < 1.29 is 0 Å². The summed E-state index contributed by atoms with van der Waals surface area (Å²) < 4.78 is 0. The van der Waals surface area contributed by atoms with Crippen molar-refractivity contribution in [3.05, 3.63) is 60.2 Å². The van der Waals surface area contributed by atoms with Gasteiger partial charge in [0.25, 0.3) is 0 Å². The maximum absolute atomic E-state index is 3.74. The first-order valence-corrected chi connectivity index (χ1v) is 9.22. The molecular weight excluding hydrogens is 294 g/mol. The molecule has 0 aliphatic heterocycles. The summed E-state index contributed by atoms with van der Waals surface area (Å²) >= 11 is 0. The van der Waals surface area contributed by atoms with E-state index in [1.165, 1.54) is 42.6 Å². The Labute approximate surface area is 145 Å². The lowest BCUT2D eigenvalue weighted by molar-refractivity contribution is 0.353. The summed E-state index contributed by atoms with van der Waals surface area (Å²) in [5, 5.41) is 10.9. The SMILES string of the molecule is CCNc1ccccc1N[C@H]1CC[C@H](NCc2ccccc2)CC1. The van der Waals surface area contributed by atoms with Gasteiger partial charge < -0.3 is 16.0 Å². The van der Waals surface area contributed by atoms with Gasteiger partial charge in [-0.1, -0.05) is 42.5 Å². The van der Waals surface area contributed by atoms with E-state index in [4.69, 9.17) is 0 Å². The molecule has 0 heterocycles. The second kappa shape index (κ2) is 8.74. The number of anilines is 2. The first-order chi connectivity index (χ1) is 11.8. The van der Waals surface area contributed by atoms with Gasteiger partial charge in [-0.15, -0.1) is 0 Å². The number of hydrogen-bond acceptors (Lipinski definition) is 3. The topological polar surface area (TPSA) is 36.1 Å². The lowest BCUT2D eigenvalue weighted by Gasteiger charge is -2.31. The molecule has 0 bridgehead atoms. The highest BCUT2D eigenvalue weighted by molar-refractivity contribution is 5.68. The first-order valence-electron chi connectivity index (χ1n) is 9.22. The molecule has 3 heteroatoms. The molecule has 2 aromatic carbocycles. The number of hydrogen-bond donors (Lipinski definition) is 3. The van der Waals surface area contributed by atoms with Crippen molar-refractivity contribution in [3.8, 4) is 0 Å². The molecule has 0 atom stereocenters. The van der Waals surface area contributed by atoms with E-state index in [2.05, 4.69) is 77.5 Å². The van der Waals surface area contributed by atoms with Crippen molar-refractivity contribution >= 4 is 11.4 Å². The van der Waals surface area contributed by atoms with Gasteiger partial charge in [0.2, 0.25) is 0 Å². The predicted molar refractivity (Wildman–Crippen MR) is 104 cm³/mol. The summed E-state index contributed by atoms with van der Waals surface area (Å²) in [5.74, 6) is 0. The molecule has 0 radical (unpaired) electrons. The maximum Gasteiger partial charge on any atom is 0.0578 e. The van der Waals surface area contributed by atoms with Crippen LogP contribution in [0.3, 0.4) is 0 Å². The molecule has 24 heavy (non-hydrogen) atoms. The number of rotatable bonds is 7. The summed E-state index contributed by atoms with van der Waals surface area (Å²) in [5.41, 5.74) is 3.82. The van der Waals surface area contributed by atoms with Crippen LogP contribution in [0.15, 0.2) is 54.6 Å². The lowest BCUT2D eigenvalue weighted by atomic mass is 9.90. The van der Waals surface area contributed by atoms with Crippen LogP contribution in [0.4, 0.5) is 11.4 Å². The van der Waals surface area contributed by atoms with Gasteiger partial charge in [-0.25, -0.2) is 0 Å². The minimum atomic E-state index is 0.583. The molecule has 0 spiro atoms. The van der Waals surface area contributed by atoms with Gasteiger partial charge in [-0.3, -0.25) is 0 Å². The average Bonchev–Trinajstić information content (AvgIpc) is 2.64. The normalized spacial score (nSPS) is 20.5. The second-order valence-electron chi connectivity index (χ2n) is 6.64. The molecule has 3 rings (SSSR count). The number of para-hydroxylation sites is 2. The van der Waals surface area contributed by atoms with Crippen molar-refractivity contribution in [1.82, 2.24) is 5.32 Å². The van der Waals surface area contributed by atoms with Crippen molar-refractivity contribution in [2.24, 2.45) is 0 Å². The Balaban J connectivity index is 1.45. The molecule has 3 nitrogen and oxygen atoms in total. The highest BCUT2D eigenvalue weighted by Crippen LogP contribution is 2.27. The maximum atomic E-state index is 3.74. The molecule has 2 aromatic rings. The Morgan fingerprint density at radius 3 is 2.12 bits per heavy atom. The zero-order valence-electron chi connectivity index (χ0n) is 14.6. The Bertz CT molecular complexity index is 603. The molecule has 1 saturated carbocycles. The quantitative estimate of drug-likeness (QED) is 0.695. The van der Waals surface area contributed by atoms with E-state index < -0.39 is 0 Å². The van der Waals surface area contributed by atoms with Crippen LogP contribution in [0, 0.1) is 0 Å².